The van der Waals surface area contributed by atoms with Crippen LogP contribution in [0, 0.1) is 6.92 Å². The van der Waals surface area contributed by atoms with Crippen LogP contribution >= 0.6 is 0 Å². The number of aryl methyl sites for hydroxylation is 1. The van der Waals surface area contributed by atoms with Gasteiger partial charge in [0, 0.05) is 5.39 Å². The molecular weight excluding hydrogens is 316 g/mol. The monoisotopic (exact) mass is 338 g/mol. The summed E-state index contributed by atoms with van der Waals surface area (Å²) in [6.07, 6.45) is 0.774. The highest BCUT2D eigenvalue weighted by atomic mass is 16.3. The van der Waals surface area contributed by atoms with Crippen LogP contribution in [-0.2, 0) is 0 Å². The van der Waals surface area contributed by atoms with Crippen molar-refractivity contribution in [1.82, 2.24) is 9.97 Å². The Labute approximate surface area is 146 Å². The molecule has 4 N–H and O–H groups in total. The zero-order valence-corrected chi connectivity index (χ0v) is 14.3. The minimum atomic E-state index is -0.0847. The van der Waals surface area contributed by atoms with E-state index in [0.29, 0.717) is 17.5 Å². The Morgan fingerprint density at radius 1 is 1.12 bits per heavy atom. The van der Waals surface area contributed by atoms with Gasteiger partial charge in [-0.05, 0) is 43.2 Å². The third-order valence-corrected chi connectivity index (χ3v) is 4.06. The molecule has 1 aromatic heterocycles. The first kappa shape index (κ1) is 17.0. The molecule has 0 saturated carbocycles. The van der Waals surface area contributed by atoms with Gasteiger partial charge in [-0.1, -0.05) is 25.1 Å². The summed E-state index contributed by atoms with van der Waals surface area (Å²) in [7, 11) is 0. The fourth-order valence-electron chi connectivity index (χ4n) is 2.58. The standard InChI is InChI=1S/C19H22N4O2/c1-3-13(11-24)20-18-14-6-4-5-7-15(14)21-19(23-18)22-16-10-12(2)8-9-17(16)25/h4-10,13,24-25H,3,11H2,1-2H3,(H2,20,21,22,23). The molecule has 1 atom stereocenters. The lowest BCUT2D eigenvalue weighted by Crippen LogP contribution is -2.23. The quantitative estimate of drug-likeness (QED) is 0.514. The number of phenolic OH excluding ortho intramolecular Hbond substituents is 1. The van der Waals surface area contributed by atoms with Crippen LogP contribution in [0.5, 0.6) is 5.75 Å². The molecule has 25 heavy (non-hydrogen) atoms. The van der Waals surface area contributed by atoms with Crippen LogP contribution in [0.3, 0.4) is 0 Å². The van der Waals surface area contributed by atoms with Crippen molar-refractivity contribution >= 4 is 28.4 Å². The first-order valence-electron chi connectivity index (χ1n) is 8.31. The van der Waals surface area contributed by atoms with Crippen LogP contribution in [-0.4, -0.2) is 32.8 Å². The van der Waals surface area contributed by atoms with Crippen LogP contribution in [0.4, 0.5) is 17.5 Å². The molecule has 0 aliphatic rings. The van der Waals surface area contributed by atoms with Gasteiger partial charge in [-0.2, -0.15) is 4.98 Å². The zero-order valence-electron chi connectivity index (χ0n) is 14.3. The van der Waals surface area contributed by atoms with E-state index >= 15 is 0 Å². The third-order valence-electron chi connectivity index (χ3n) is 4.06. The highest BCUT2D eigenvalue weighted by molar-refractivity contribution is 5.90. The van der Waals surface area contributed by atoms with Crippen molar-refractivity contribution in [2.45, 2.75) is 26.3 Å². The number of aromatic nitrogens is 2. The number of nitrogens with zero attached hydrogens (tertiary/aromatic N) is 2. The average molecular weight is 338 g/mol. The van der Waals surface area contributed by atoms with E-state index in [-0.39, 0.29) is 18.4 Å². The van der Waals surface area contributed by atoms with E-state index < -0.39 is 0 Å². The van der Waals surface area contributed by atoms with Crippen LogP contribution in [0.1, 0.15) is 18.9 Å². The summed E-state index contributed by atoms with van der Waals surface area (Å²) in [6.45, 7) is 3.98. The Morgan fingerprint density at radius 2 is 1.92 bits per heavy atom. The maximum absolute atomic E-state index is 10.0. The van der Waals surface area contributed by atoms with Crippen LogP contribution in [0.25, 0.3) is 10.9 Å². The molecule has 3 rings (SSSR count). The van der Waals surface area contributed by atoms with Crippen molar-refractivity contribution in [3.05, 3.63) is 48.0 Å². The van der Waals surface area contributed by atoms with Crippen molar-refractivity contribution in [3.8, 4) is 5.75 Å². The van der Waals surface area contributed by atoms with Crippen LogP contribution < -0.4 is 10.6 Å². The lowest BCUT2D eigenvalue weighted by atomic mass is 10.2. The Morgan fingerprint density at radius 3 is 2.68 bits per heavy atom. The smallest absolute Gasteiger partial charge is 0.229 e. The number of anilines is 3. The van der Waals surface area contributed by atoms with E-state index in [1.54, 1.807) is 6.07 Å². The maximum Gasteiger partial charge on any atom is 0.229 e. The average Bonchev–Trinajstić information content (AvgIpc) is 2.62. The second kappa shape index (κ2) is 7.36. The minimum Gasteiger partial charge on any atom is -0.506 e. The first-order valence-corrected chi connectivity index (χ1v) is 8.31. The summed E-state index contributed by atoms with van der Waals surface area (Å²) in [6, 6.07) is 12.9. The van der Waals surface area contributed by atoms with Gasteiger partial charge in [-0.15, -0.1) is 0 Å². The van der Waals surface area contributed by atoms with Gasteiger partial charge in [0.1, 0.15) is 11.6 Å². The molecule has 0 radical (unpaired) electrons. The number of aliphatic hydroxyl groups excluding tert-OH is 1. The number of nitrogens with one attached hydrogen (secondary N) is 2. The maximum atomic E-state index is 10.0. The molecule has 6 heteroatoms. The Hall–Kier alpha value is -2.86. The molecule has 6 nitrogen and oxygen atoms in total. The number of phenols is 1. The summed E-state index contributed by atoms with van der Waals surface area (Å²) in [5, 5.41) is 26.7. The predicted octanol–water partition coefficient (Wildman–Crippen LogP) is 3.57. The van der Waals surface area contributed by atoms with Gasteiger partial charge in [-0.25, -0.2) is 4.98 Å². The van der Waals surface area contributed by atoms with Gasteiger partial charge in [0.15, 0.2) is 0 Å². The minimum absolute atomic E-state index is 0.0241. The molecule has 130 valence electrons. The van der Waals surface area contributed by atoms with E-state index in [1.165, 1.54) is 0 Å². The number of benzene rings is 2. The number of rotatable bonds is 6. The van der Waals surface area contributed by atoms with Crippen molar-refractivity contribution in [2.75, 3.05) is 17.2 Å². The summed E-state index contributed by atoms with van der Waals surface area (Å²) in [5.74, 6) is 1.18. The van der Waals surface area contributed by atoms with Gasteiger partial charge in [-0.3, -0.25) is 0 Å². The number of aliphatic hydroxyl groups is 1. The van der Waals surface area contributed by atoms with E-state index in [0.717, 1.165) is 22.9 Å². The molecule has 1 heterocycles. The number of fused-ring (bicyclic) bond motifs is 1. The van der Waals surface area contributed by atoms with Gasteiger partial charge >= 0.3 is 0 Å². The molecule has 1 unspecified atom stereocenters. The van der Waals surface area contributed by atoms with Gasteiger partial charge in [0.05, 0.1) is 23.9 Å². The van der Waals surface area contributed by atoms with E-state index in [1.807, 2.05) is 50.2 Å². The fourth-order valence-corrected chi connectivity index (χ4v) is 2.58. The Kier molecular flexibility index (Phi) is 5.00. The largest absolute Gasteiger partial charge is 0.506 e. The van der Waals surface area contributed by atoms with Gasteiger partial charge in [0.2, 0.25) is 5.95 Å². The fraction of sp³-hybridized carbons (Fsp3) is 0.263. The van der Waals surface area contributed by atoms with Crippen molar-refractivity contribution in [3.63, 3.8) is 0 Å². The number of para-hydroxylation sites is 1. The number of hydrogen-bond donors (Lipinski definition) is 4. The molecule has 0 fully saturated rings. The lowest BCUT2D eigenvalue weighted by Gasteiger charge is -2.17. The van der Waals surface area contributed by atoms with Gasteiger partial charge in [0.25, 0.3) is 0 Å². The third kappa shape index (κ3) is 3.80. The molecule has 0 amide bonds. The van der Waals surface area contributed by atoms with Crippen LogP contribution in [0.2, 0.25) is 0 Å². The summed E-state index contributed by atoms with van der Waals surface area (Å²) in [5.41, 5.74) is 2.35. The highest BCUT2D eigenvalue weighted by Crippen LogP contribution is 2.29. The second-order valence-electron chi connectivity index (χ2n) is 5.99. The van der Waals surface area contributed by atoms with Crippen molar-refractivity contribution in [1.29, 1.82) is 0 Å². The number of hydrogen-bond acceptors (Lipinski definition) is 6. The Balaban J connectivity index is 2.02. The van der Waals surface area contributed by atoms with E-state index in [2.05, 4.69) is 20.6 Å². The molecule has 0 bridgehead atoms. The lowest BCUT2D eigenvalue weighted by molar-refractivity contribution is 0.271. The zero-order chi connectivity index (χ0) is 17.8. The first-order chi connectivity index (χ1) is 12.1. The van der Waals surface area contributed by atoms with E-state index in [4.69, 9.17) is 0 Å². The molecule has 0 aliphatic heterocycles. The summed E-state index contributed by atoms with van der Waals surface area (Å²) in [4.78, 5) is 9.07. The predicted molar refractivity (Wildman–Crippen MR) is 100 cm³/mol. The number of aromatic hydroxyl groups is 1. The van der Waals surface area contributed by atoms with Crippen LogP contribution in [0.15, 0.2) is 42.5 Å². The van der Waals surface area contributed by atoms with Crippen molar-refractivity contribution < 1.29 is 10.2 Å². The molecule has 0 saturated heterocycles. The molecule has 0 aliphatic carbocycles. The topological polar surface area (TPSA) is 90.3 Å². The summed E-state index contributed by atoms with van der Waals surface area (Å²) < 4.78 is 0. The molecule has 3 aromatic rings. The van der Waals surface area contributed by atoms with E-state index in [9.17, 15) is 10.2 Å². The SMILES string of the molecule is CCC(CO)Nc1nc(Nc2cc(C)ccc2O)nc2ccccc12. The molecule has 2 aromatic carbocycles. The molecule has 0 spiro atoms. The normalized spacial score (nSPS) is 12.1. The molecular formula is C19H22N4O2. The summed E-state index contributed by atoms with van der Waals surface area (Å²) >= 11 is 0. The Bertz CT molecular complexity index is 878. The highest BCUT2D eigenvalue weighted by Gasteiger charge is 2.12. The second-order valence-corrected chi connectivity index (χ2v) is 5.99. The van der Waals surface area contributed by atoms with Gasteiger partial charge < -0.3 is 20.8 Å². The van der Waals surface area contributed by atoms with Crippen molar-refractivity contribution in [2.24, 2.45) is 0 Å².